The fourth-order valence-corrected chi connectivity index (χ4v) is 1.49. The number of benzene rings is 1. The Morgan fingerprint density at radius 1 is 1.33 bits per heavy atom. The van der Waals surface area contributed by atoms with Crippen LogP contribution in [0.15, 0.2) is 33.5 Å². The maximum absolute atomic E-state index is 11.7. The van der Waals surface area contributed by atoms with Gasteiger partial charge in [-0.25, -0.2) is 0 Å². The van der Waals surface area contributed by atoms with E-state index in [9.17, 15) is 4.79 Å². The third-order valence-corrected chi connectivity index (χ3v) is 2.34. The molecule has 0 saturated carbocycles. The van der Waals surface area contributed by atoms with Crippen molar-refractivity contribution in [2.24, 2.45) is 0 Å². The van der Waals surface area contributed by atoms with E-state index < -0.39 is 0 Å². The molecule has 0 amide bonds. The molecule has 3 nitrogen and oxygen atoms in total. The monoisotopic (exact) mass is 204 g/mol. The number of aryl methyl sites for hydroxylation is 1. The van der Waals surface area contributed by atoms with E-state index >= 15 is 0 Å². The van der Waals surface area contributed by atoms with Crippen LogP contribution in [0.4, 0.5) is 0 Å². The Labute approximate surface area is 87.3 Å². The lowest BCUT2D eigenvalue weighted by Gasteiger charge is -2.02. The molecule has 0 bridgehead atoms. The van der Waals surface area contributed by atoms with Gasteiger partial charge in [-0.15, -0.1) is 0 Å². The van der Waals surface area contributed by atoms with E-state index in [0.717, 1.165) is 0 Å². The molecule has 3 heteroatoms. The average molecular weight is 204 g/mol. The SMILES string of the molecule is CCc1cc(=O)c2ccc(OC)cc2o1. The molecule has 1 heterocycles. The summed E-state index contributed by atoms with van der Waals surface area (Å²) in [5, 5.41) is 0.591. The van der Waals surface area contributed by atoms with Crippen molar-refractivity contribution in [3.8, 4) is 5.75 Å². The molecule has 0 aliphatic heterocycles. The van der Waals surface area contributed by atoms with E-state index in [1.165, 1.54) is 6.07 Å². The second-order valence-corrected chi connectivity index (χ2v) is 3.29. The molecule has 1 aromatic carbocycles. The van der Waals surface area contributed by atoms with E-state index in [4.69, 9.17) is 9.15 Å². The fraction of sp³-hybridized carbons (Fsp3) is 0.250. The maximum Gasteiger partial charge on any atom is 0.192 e. The van der Waals surface area contributed by atoms with Crippen LogP contribution in [-0.2, 0) is 6.42 Å². The second kappa shape index (κ2) is 3.77. The zero-order chi connectivity index (χ0) is 10.8. The number of fused-ring (bicyclic) bond motifs is 1. The largest absolute Gasteiger partial charge is 0.497 e. The van der Waals surface area contributed by atoms with Gasteiger partial charge in [0.25, 0.3) is 0 Å². The summed E-state index contributed by atoms with van der Waals surface area (Å²) in [6, 6.07) is 6.75. The minimum absolute atomic E-state index is 0.00393. The van der Waals surface area contributed by atoms with Crippen molar-refractivity contribution >= 4 is 11.0 Å². The Balaban J connectivity index is 2.75. The molecule has 0 radical (unpaired) electrons. The minimum atomic E-state index is -0.00393. The van der Waals surface area contributed by atoms with E-state index in [0.29, 0.717) is 28.9 Å². The van der Waals surface area contributed by atoms with Crippen molar-refractivity contribution in [2.75, 3.05) is 7.11 Å². The van der Waals surface area contributed by atoms with Crippen molar-refractivity contribution in [3.63, 3.8) is 0 Å². The van der Waals surface area contributed by atoms with Gasteiger partial charge in [0.05, 0.1) is 12.5 Å². The zero-order valence-electron chi connectivity index (χ0n) is 8.74. The lowest BCUT2D eigenvalue weighted by molar-refractivity contribution is 0.414. The van der Waals surface area contributed by atoms with Crippen LogP contribution >= 0.6 is 0 Å². The highest BCUT2D eigenvalue weighted by molar-refractivity contribution is 5.77. The van der Waals surface area contributed by atoms with E-state index in [1.807, 2.05) is 6.92 Å². The summed E-state index contributed by atoms with van der Waals surface area (Å²) in [5.74, 6) is 1.39. The van der Waals surface area contributed by atoms with Crippen LogP contribution in [0.25, 0.3) is 11.0 Å². The average Bonchev–Trinajstić information content (AvgIpc) is 2.28. The van der Waals surface area contributed by atoms with Gasteiger partial charge in [0.15, 0.2) is 5.43 Å². The van der Waals surface area contributed by atoms with Gasteiger partial charge >= 0.3 is 0 Å². The van der Waals surface area contributed by atoms with Crippen molar-refractivity contribution in [2.45, 2.75) is 13.3 Å². The Morgan fingerprint density at radius 2 is 2.13 bits per heavy atom. The molecule has 2 rings (SSSR count). The minimum Gasteiger partial charge on any atom is -0.497 e. The quantitative estimate of drug-likeness (QED) is 0.753. The summed E-state index contributed by atoms with van der Waals surface area (Å²) < 4.78 is 10.6. The standard InChI is InChI=1S/C12H12O3/c1-3-8-6-11(13)10-5-4-9(14-2)7-12(10)15-8/h4-7H,3H2,1-2H3. The molecule has 0 atom stereocenters. The molecular weight excluding hydrogens is 192 g/mol. The lowest BCUT2D eigenvalue weighted by Crippen LogP contribution is -2.01. The molecule has 0 unspecified atom stereocenters. The van der Waals surface area contributed by atoms with Crippen LogP contribution in [0.1, 0.15) is 12.7 Å². The highest BCUT2D eigenvalue weighted by atomic mass is 16.5. The third-order valence-electron chi connectivity index (χ3n) is 2.34. The Bertz CT molecular complexity index is 535. The van der Waals surface area contributed by atoms with Crippen LogP contribution in [0.3, 0.4) is 0 Å². The molecule has 0 N–H and O–H groups in total. The van der Waals surface area contributed by atoms with Gasteiger partial charge in [0.2, 0.25) is 0 Å². The van der Waals surface area contributed by atoms with E-state index in [-0.39, 0.29) is 5.43 Å². The molecule has 78 valence electrons. The normalized spacial score (nSPS) is 10.5. The van der Waals surface area contributed by atoms with Crippen LogP contribution < -0.4 is 10.2 Å². The molecule has 1 aromatic heterocycles. The molecule has 2 aromatic rings. The van der Waals surface area contributed by atoms with Gasteiger partial charge in [-0.1, -0.05) is 6.92 Å². The van der Waals surface area contributed by atoms with Gasteiger partial charge in [0, 0.05) is 18.6 Å². The lowest BCUT2D eigenvalue weighted by atomic mass is 10.2. The van der Waals surface area contributed by atoms with Gasteiger partial charge in [-0.2, -0.15) is 0 Å². The molecular formula is C12H12O3. The molecule has 0 aliphatic carbocycles. The first kappa shape index (κ1) is 9.77. The third kappa shape index (κ3) is 1.73. The molecule has 0 spiro atoms. The first-order valence-corrected chi connectivity index (χ1v) is 4.85. The van der Waals surface area contributed by atoms with Gasteiger partial charge in [-0.05, 0) is 12.1 Å². The predicted octanol–water partition coefficient (Wildman–Crippen LogP) is 2.36. The smallest absolute Gasteiger partial charge is 0.192 e. The molecule has 0 fully saturated rings. The number of rotatable bonds is 2. The first-order chi connectivity index (χ1) is 7.24. The fourth-order valence-electron chi connectivity index (χ4n) is 1.49. The van der Waals surface area contributed by atoms with Crippen molar-refractivity contribution in [1.82, 2.24) is 0 Å². The second-order valence-electron chi connectivity index (χ2n) is 3.29. The van der Waals surface area contributed by atoms with Gasteiger partial charge in [0.1, 0.15) is 17.1 Å². The number of methoxy groups -OCH3 is 1. The molecule has 15 heavy (non-hydrogen) atoms. The van der Waals surface area contributed by atoms with E-state index in [1.54, 1.807) is 25.3 Å². The molecule has 0 aliphatic rings. The van der Waals surface area contributed by atoms with Crippen LogP contribution in [0, 0.1) is 0 Å². The number of hydrogen-bond donors (Lipinski definition) is 0. The first-order valence-electron chi connectivity index (χ1n) is 4.85. The summed E-state index contributed by atoms with van der Waals surface area (Å²) in [6.45, 7) is 1.95. The summed E-state index contributed by atoms with van der Waals surface area (Å²) in [7, 11) is 1.59. The summed E-state index contributed by atoms with van der Waals surface area (Å²) >= 11 is 0. The van der Waals surface area contributed by atoms with Gasteiger partial charge < -0.3 is 9.15 Å². The highest BCUT2D eigenvalue weighted by Crippen LogP contribution is 2.19. The summed E-state index contributed by atoms with van der Waals surface area (Å²) in [5.41, 5.74) is 0.578. The highest BCUT2D eigenvalue weighted by Gasteiger charge is 2.04. The number of hydrogen-bond acceptors (Lipinski definition) is 3. The Hall–Kier alpha value is -1.77. The van der Waals surface area contributed by atoms with Crippen LogP contribution in [0.2, 0.25) is 0 Å². The van der Waals surface area contributed by atoms with Gasteiger partial charge in [-0.3, -0.25) is 4.79 Å². The van der Waals surface area contributed by atoms with E-state index in [2.05, 4.69) is 0 Å². The van der Waals surface area contributed by atoms with Crippen molar-refractivity contribution in [3.05, 3.63) is 40.2 Å². The van der Waals surface area contributed by atoms with Crippen molar-refractivity contribution in [1.29, 1.82) is 0 Å². The zero-order valence-corrected chi connectivity index (χ0v) is 8.74. The van der Waals surface area contributed by atoms with Crippen LogP contribution in [0.5, 0.6) is 5.75 Å². The number of ether oxygens (including phenoxy) is 1. The Morgan fingerprint density at radius 3 is 2.80 bits per heavy atom. The maximum atomic E-state index is 11.7. The van der Waals surface area contributed by atoms with Crippen molar-refractivity contribution < 1.29 is 9.15 Å². The summed E-state index contributed by atoms with van der Waals surface area (Å²) in [6.07, 6.45) is 0.711. The predicted molar refractivity (Wildman–Crippen MR) is 58.4 cm³/mol. The topological polar surface area (TPSA) is 39.4 Å². The molecule has 0 saturated heterocycles. The Kier molecular flexibility index (Phi) is 2.46. The van der Waals surface area contributed by atoms with Crippen LogP contribution in [-0.4, -0.2) is 7.11 Å². The summed E-state index contributed by atoms with van der Waals surface area (Å²) in [4.78, 5) is 11.7.